The zero-order chi connectivity index (χ0) is 12.9. The zero-order valence-electron chi connectivity index (χ0n) is 9.92. The van der Waals surface area contributed by atoms with Crippen LogP contribution in [0.1, 0.15) is 12.5 Å². The first-order chi connectivity index (χ1) is 7.88. The summed E-state index contributed by atoms with van der Waals surface area (Å²) in [7, 11) is 1.87. The molecule has 0 aliphatic rings. The van der Waals surface area contributed by atoms with Crippen LogP contribution < -0.4 is 5.32 Å². The van der Waals surface area contributed by atoms with E-state index < -0.39 is 12.7 Å². The fraction of sp³-hybridized carbons (Fsp3) is 0.636. The third-order valence-electron chi connectivity index (χ3n) is 2.53. The highest BCUT2D eigenvalue weighted by atomic mass is 19.4. The number of nitrogens with zero attached hydrogens (tertiary/aromatic N) is 1. The molecule has 0 aromatic carbocycles. The van der Waals surface area contributed by atoms with Crippen LogP contribution in [0.5, 0.6) is 0 Å². The van der Waals surface area contributed by atoms with E-state index in [0.29, 0.717) is 13.1 Å². The topological polar surface area (TPSA) is 28.4 Å². The molecule has 1 atom stereocenters. The predicted octanol–water partition coefficient (Wildman–Crippen LogP) is 2.25. The Kier molecular flexibility index (Phi) is 5.02. The molecule has 0 radical (unpaired) electrons. The van der Waals surface area contributed by atoms with Crippen molar-refractivity contribution in [3.8, 4) is 0 Å². The van der Waals surface area contributed by atoms with Crippen LogP contribution in [0.4, 0.5) is 13.2 Å². The van der Waals surface area contributed by atoms with Crippen LogP contribution in [0.2, 0.25) is 0 Å². The third kappa shape index (κ3) is 5.74. The van der Waals surface area contributed by atoms with Gasteiger partial charge in [-0.15, -0.1) is 0 Å². The summed E-state index contributed by atoms with van der Waals surface area (Å²) in [6.45, 7) is 1.89. The van der Waals surface area contributed by atoms with Crippen molar-refractivity contribution in [3.05, 3.63) is 24.2 Å². The Morgan fingerprint density at radius 3 is 2.71 bits per heavy atom. The molecule has 1 rings (SSSR count). The Morgan fingerprint density at radius 2 is 2.18 bits per heavy atom. The van der Waals surface area contributed by atoms with Crippen molar-refractivity contribution >= 4 is 0 Å². The lowest BCUT2D eigenvalue weighted by atomic mass is 10.2. The first kappa shape index (κ1) is 14.1. The molecule has 1 heterocycles. The molecule has 1 N–H and O–H groups in total. The molecule has 0 aliphatic carbocycles. The fourth-order valence-corrected chi connectivity index (χ4v) is 1.41. The molecule has 0 bridgehead atoms. The van der Waals surface area contributed by atoms with E-state index in [1.165, 1.54) is 0 Å². The molecule has 6 heteroatoms. The van der Waals surface area contributed by atoms with E-state index >= 15 is 0 Å². The third-order valence-corrected chi connectivity index (χ3v) is 2.53. The van der Waals surface area contributed by atoms with Crippen molar-refractivity contribution in [1.29, 1.82) is 0 Å². The van der Waals surface area contributed by atoms with Gasteiger partial charge in [0.1, 0.15) is 0 Å². The van der Waals surface area contributed by atoms with Gasteiger partial charge in [0.15, 0.2) is 0 Å². The molecule has 1 aromatic heterocycles. The molecular formula is C11H17F3N2O. The fourth-order valence-electron chi connectivity index (χ4n) is 1.41. The summed E-state index contributed by atoms with van der Waals surface area (Å²) in [4.78, 5) is 1.97. The first-order valence-corrected chi connectivity index (χ1v) is 5.37. The molecule has 0 aliphatic heterocycles. The van der Waals surface area contributed by atoms with Crippen molar-refractivity contribution in [1.82, 2.24) is 10.2 Å². The Hall–Kier alpha value is -1.01. The number of nitrogens with one attached hydrogen (secondary N) is 1. The Balaban J connectivity index is 2.25. The molecule has 0 saturated carbocycles. The van der Waals surface area contributed by atoms with Crippen LogP contribution in [0.3, 0.4) is 0 Å². The van der Waals surface area contributed by atoms with E-state index in [2.05, 4.69) is 5.32 Å². The molecule has 0 spiro atoms. The van der Waals surface area contributed by atoms with Gasteiger partial charge in [-0.05, 0) is 20.0 Å². The maximum absolute atomic E-state index is 11.9. The monoisotopic (exact) mass is 250 g/mol. The predicted molar refractivity (Wildman–Crippen MR) is 58.6 cm³/mol. The number of hydrogen-bond donors (Lipinski definition) is 1. The Bertz CT molecular complexity index is 311. The normalized spacial score (nSPS) is 14.2. The summed E-state index contributed by atoms with van der Waals surface area (Å²) in [5.41, 5.74) is 1.01. The highest BCUT2D eigenvalue weighted by Gasteiger charge is 2.26. The summed E-state index contributed by atoms with van der Waals surface area (Å²) in [5, 5.41) is 2.40. The van der Waals surface area contributed by atoms with E-state index in [9.17, 15) is 13.2 Å². The standard InChI is InChI=1S/C11H17F3N2O/c1-9(5-15-8-11(12,13)14)16(2)6-10-3-4-17-7-10/h3-4,7,9,15H,5-6,8H2,1-2H3. The molecule has 17 heavy (non-hydrogen) atoms. The second kappa shape index (κ2) is 6.07. The summed E-state index contributed by atoms with van der Waals surface area (Å²) in [6.07, 6.45) is -0.940. The summed E-state index contributed by atoms with van der Waals surface area (Å²) in [5.74, 6) is 0. The van der Waals surface area contributed by atoms with Crippen LogP contribution in [0, 0.1) is 0 Å². The number of alkyl halides is 3. The maximum Gasteiger partial charge on any atom is 0.401 e. The van der Waals surface area contributed by atoms with Crippen molar-refractivity contribution in [2.24, 2.45) is 0 Å². The molecule has 0 amide bonds. The highest BCUT2D eigenvalue weighted by molar-refractivity contribution is 5.04. The molecular weight excluding hydrogens is 233 g/mol. The second-order valence-electron chi connectivity index (χ2n) is 4.14. The van der Waals surface area contributed by atoms with Gasteiger partial charge in [-0.2, -0.15) is 13.2 Å². The van der Waals surface area contributed by atoms with Gasteiger partial charge >= 0.3 is 6.18 Å². The van der Waals surface area contributed by atoms with Crippen LogP contribution in [0.15, 0.2) is 23.0 Å². The second-order valence-corrected chi connectivity index (χ2v) is 4.14. The quantitative estimate of drug-likeness (QED) is 0.839. The van der Waals surface area contributed by atoms with Crippen molar-refractivity contribution in [2.45, 2.75) is 25.7 Å². The average Bonchev–Trinajstić information content (AvgIpc) is 2.68. The molecule has 98 valence electrons. The lowest BCUT2D eigenvalue weighted by Crippen LogP contribution is -2.40. The molecule has 1 aromatic rings. The van der Waals surface area contributed by atoms with Crippen molar-refractivity contribution in [3.63, 3.8) is 0 Å². The summed E-state index contributed by atoms with van der Waals surface area (Å²) in [6, 6.07) is 1.86. The Morgan fingerprint density at radius 1 is 1.47 bits per heavy atom. The van der Waals surface area contributed by atoms with Gasteiger partial charge in [-0.25, -0.2) is 0 Å². The number of furan rings is 1. The minimum Gasteiger partial charge on any atom is -0.472 e. The largest absolute Gasteiger partial charge is 0.472 e. The maximum atomic E-state index is 11.9. The summed E-state index contributed by atoms with van der Waals surface area (Å²) < 4.78 is 40.7. The van der Waals surface area contributed by atoms with E-state index in [1.807, 2.05) is 24.9 Å². The Labute approximate surface area is 98.6 Å². The van der Waals surface area contributed by atoms with Gasteiger partial charge < -0.3 is 9.73 Å². The van der Waals surface area contributed by atoms with E-state index in [0.717, 1.165) is 5.56 Å². The average molecular weight is 250 g/mol. The van der Waals surface area contributed by atoms with Gasteiger partial charge in [-0.1, -0.05) is 0 Å². The van der Waals surface area contributed by atoms with E-state index in [1.54, 1.807) is 12.5 Å². The van der Waals surface area contributed by atoms with Gasteiger partial charge in [0.2, 0.25) is 0 Å². The van der Waals surface area contributed by atoms with Crippen molar-refractivity contribution < 1.29 is 17.6 Å². The zero-order valence-corrected chi connectivity index (χ0v) is 9.92. The molecule has 3 nitrogen and oxygen atoms in total. The smallest absolute Gasteiger partial charge is 0.401 e. The molecule has 1 unspecified atom stereocenters. The van der Waals surface area contributed by atoms with Crippen LogP contribution in [-0.2, 0) is 6.54 Å². The number of halogens is 3. The summed E-state index contributed by atoms with van der Waals surface area (Å²) >= 11 is 0. The number of hydrogen-bond acceptors (Lipinski definition) is 3. The first-order valence-electron chi connectivity index (χ1n) is 5.37. The highest BCUT2D eigenvalue weighted by Crippen LogP contribution is 2.12. The van der Waals surface area contributed by atoms with Crippen LogP contribution in [-0.4, -0.2) is 37.3 Å². The molecule has 0 saturated heterocycles. The van der Waals surface area contributed by atoms with E-state index in [4.69, 9.17) is 4.42 Å². The lowest BCUT2D eigenvalue weighted by molar-refractivity contribution is -0.125. The van der Waals surface area contributed by atoms with Crippen LogP contribution in [0.25, 0.3) is 0 Å². The number of likely N-dealkylation sites (N-methyl/N-ethyl adjacent to an activating group) is 1. The lowest BCUT2D eigenvalue weighted by Gasteiger charge is -2.24. The van der Waals surface area contributed by atoms with E-state index in [-0.39, 0.29) is 6.04 Å². The van der Waals surface area contributed by atoms with Crippen molar-refractivity contribution in [2.75, 3.05) is 20.1 Å². The minimum absolute atomic E-state index is 0.0206. The van der Waals surface area contributed by atoms with Gasteiger partial charge in [0, 0.05) is 24.7 Å². The van der Waals surface area contributed by atoms with Gasteiger partial charge in [0.05, 0.1) is 19.1 Å². The number of rotatable bonds is 6. The van der Waals surface area contributed by atoms with Crippen LogP contribution >= 0.6 is 0 Å². The SMILES string of the molecule is CC(CNCC(F)(F)F)N(C)Cc1ccoc1. The van der Waals surface area contributed by atoms with Gasteiger partial charge in [0.25, 0.3) is 0 Å². The minimum atomic E-state index is -4.15. The van der Waals surface area contributed by atoms with Gasteiger partial charge in [-0.3, -0.25) is 4.90 Å². The molecule has 0 fully saturated rings.